The van der Waals surface area contributed by atoms with Crippen LogP contribution in [0.1, 0.15) is 16.1 Å². The van der Waals surface area contributed by atoms with Crippen LogP contribution in [0.4, 0.5) is 14.7 Å². The number of nitrogens with zero attached hydrogens (tertiary/aromatic N) is 7. The molecule has 3 aromatic rings. The Morgan fingerprint density at radius 1 is 1.19 bits per heavy atom. The van der Waals surface area contributed by atoms with Crippen molar-refractivity contribution in [2.75, 3.05) is 5.32 Å². The molecule has 13 heteroatoms. The summed E-state index contributed by atoms with van der Waals surface area (Å²) in [5.74, 6) is -3.35. The van der Waals surface area contributed by atoms with Crippen LogP contribution in [-0.2, 0) is 20.6 Å². The van der Waals surface area contributed by atoms with Crippen LogP contribution < -0.4 is 16.6 Å². The SMILES string of the molecule is Cn1nnnc1NC(=O)c1nn(C)c(=O)n(Cc2cccc(F)c2F)c1=O. The maximum atomic E-state index is 13.9. The van der Waals surface area contributed by atoms with Gasteiger partial charge in [0, 0.05) is 19.7 Å². The van der Waals surface area contributed by atoms with Crippen molar-refractivity contribution in [1.82, 2.24) is 34.6 Å². The predicted molar refractivity (Wildman–Crippen MR) is 85.9 cm³/mol. The topological polar surface area (TPSA) is 130 Å². The standard InChI is InChI=1S/C14H12F2N8O3/c1-22-13(18-20-21-22)17-11(25)10-12(26)24(14(27)23(2)19-10)6-7-4-3-5-8(15)9(7)16/h3-5H,6H2,1-2H3,(H,17,18,21,25). The molecule has 27 heavy (non-hydrogen) atoms. The van der Waals surface area contributed by atoms with E-state index in [4.69, 9.17) is 0 Å². The largest absolute Gasteiger partial charge is 0.347 e. The predicted octanol–water partition coefficient (Wildman–Crippen LogP) is -0.956. The minimum atomic E-state index is -1.19. The van der Waals surface area contributed by atoms with Gasteiger partial charge in [-0.05, 0) is 16.5 Å². The number of aryl methyl sites for hydroxylation is 2. The van der Waals surface area contributed by atoms with Crippen LogP contribution in [-0.4, -0.2) is 40.5 Å². The van der Waals surface area contributed by atoms with E-state index < -0.39 is 41.0 Å². The summed E-state index contributed by atoms with van der Waals surface area (Å²) in [4.78, 5) is 37.1. The number of carbonyl (C=O) groups is 1. The Morgan fingerprint density at radius 3 is 2.59 bits per heavy atom. The number of anilines is 1. The minimum Gasteiger partial charge on any atom is -0.288 e. The molecule has 1 aromatic carbocycles. The van der Waals surface area contributed by atoms with E-state index in [1.165, 1.54) is 26.2 Å². The third-order valence-electron chi connectivity index (χ3n) is 3.63. The van der Waals surface area contributed by atoms with Crippen LogP contribution in [0.25, 0.3) is 0 Å². The maximum absolute atomic E-state index is 13.9. The number of amides is 1. The molecule has 1 amide bonds. The van der Waals surface area contributed by atoms with E-state index in [2.05, 4.69) is 25.9 Å². The van der Waals surface area contributed by atoms with Gasteiger partial charge in [0.15, 0.2) is 11.6 Å². The molecule has 2 heterocycles. The second kappa shape index (κ2) is 6.86. The zero-order chi connectivity index (χ0) is 19.7. The summed E-state index contributed by atoms with van der Waals surface area (Å²) >= 11 is 0. The monoisotopic (exact) mass is 378 g/mol. The van der Waals surface area contributed by atoms with E-state index in [9.17, 15) is 23.2 Å². The highest BCUT2D eigenvalue weighted by Crippen LogP contribution is 2.11. The molecule has 0 aliphatic rings. The van der Waals surface area contributed by atoms with E-state index in [0.29, 0.717) is 4.57 Å². The van der Waals surface area contributed by atoms with Gasteiger partial charge in [-0.2, -0.15) is 5.10 Å². The third kappa shape index (κ3) is 3.33. The van der Waals surface area contributed by atoms with E-state index in [0.717, 1.165) is 15.4 Å². The van der Waals surface area contributed by atoms with Crippen molar-refractivity contribution < 1.29 is 13.6 Å². The van der Waals surface area contributed by atoms with Crippen LogP contribution in [0.15, 0.2) is 27.8 Å². The molecule has 1 N–H and O–H groups in total. The van der Waals surface area contributed by atoms with Gasteiger partial charge in [-0.1, -0.05) is 17.2 Å². The molecule has 0 radical (unpaired) electrons. The summed E-state index contributed by atoms with van der Waals surface area (Å²) < 4.78 is 29.7. The molecule has 0 saturated carbocycles. The van der Waals surface area contributed by atoms with Crippen molar-refractivity contribution >= 4 is 11.9 Å². The van der Waals surface area contributed by atoms with Crippen molar-refractivity contribution in [1.29, 1.82) is 0 Å². The number of hydrogen-bond donors (Lipinski definition) is 1. The Balaban J connectivity index is 2.04. The Morgan fingerprint density at radius 2 is 1.93 bits per heavy atom. The Labute approximate surface area is 148 Å². The molecule has 0 bridgehead atoms. The minimum absolute atomic E-state index is 0.0576. The molecule has 2 aromatic heterocycles. The van der Waals surface area contributed by atoms with Crippen molar-refractivity contribution in [3.05, 3.63) is 61.9 Å². The fourth-order valence-corrected chi connectivity index (χ4v) is 2.24. The fraction of sp³-hybridized carbons (Fsp3) is 0.214. The molecular formula is C14H12F2N8O3. The smallest absolute Gasteiger partial charge is 0.288 e. The van der Waals surface area contributed by atoms with Crippen molar-refractivity contribution in [3.63, 3.8) is 0 Å². The first-order chi connectivity index (χ1) is 12.8. The Hall–Kier alpha value is -3.77. The van der Waals surface area contributed by atoms with Crippen LogP contribution in [0.5, 0.6) is 0 Å². The lowest BCUT2D eigenvalue weighted by Gasteiger charge is -2.10. The first kappa shape index (κ1) is 18.0. The first-order valence-electron chi connectivity index (χ1n) is 7.44. The maximum Gasteiger partial charge on any atom is 0.347 e. The number of nitrogens with one attached hydrogen (secondary N) is 1. The van der Waals surface area contributed by atoms with E-state index in [1.54, 1.807) is 0 Å². The van der Waals surface area contributed by atoms with Gasteiger partial charge in [-0.3, -0.25) is 19.5 Å². The molecule has 0 aliphatic heterocycles. The molecular weight excluding hydrogens is 366 g/mol. The highest BCUT2D eigenvalue weighted by molar-refractivity contribution is 6.01. The highest BCUT2D eigenvalue weighted by atomic mass is 19.2. The number of halogens is 2. The third-order valence-corrected chi connectivity index (χ3v) is 3.63. The lowest BCUT2D eigenvalue weighted by Crippen LogP contribution is -2.45. The van der Waals surface area contributed by atoms with Crippen LogP contribution in [0, 0.1) is 11.6 Å². The first-order valence-corrected chi connectivity index (χ1v) is 7.44. The van der Waals surface area contributed by atoms with Gasteiger partial charge >= 0.3 is 5.69 Å². The molecule has 0 spiro atoms. The normalized spacial score (nSPS) is 10.8. The average molecular weight is 378 g/mol. The molecule has 3 rings (SSSR count). The van der Waals surface area contributed by atoms with Gasteiger partial charge < -0.3 is 0 Å². The van der Waals surface area contributed by atoms with Gasteiger partial charge in [0.2, 0.25) is 11.6 Å². The Kier molecular flexibility index (Phi) is 4.58. The number of rotatable bonds is 4. The van der Waals surface area contributed by atoms with Crippen molar-refractivity contribution in [2.45, 2.75) is 6.54 Å². The van der Waals surface area contributed by atoms with Crippen molar-refractivity contribution in [3.8, 4) is 0 Å². The number of tetrazole rings is 1. The molecule has 0 saturated heterocycles. The summed E-state index contributed by atoms with van der Waals surface area (Å²) in [6, 6.07) is 3.36. The van der Waals surface area contributed by atoms with Gasteiger partial charge in [-0.15, -0.1) is 0 Å². The van der Waals surface area contributed by atoms with E-state index in [1.807, 2.05) is 0 Å². The highest BCUT2D eigenvalue weighted by Gasteiger charge is 2.21. The van der Waals surface area contributed by atoms with E-state index >= 15 is 0 Å². The summed E-state index contributed by atoms with van der Waals surface area (Å²) in [5, 5.41) is 16.3. The van der Waals surface area contributed by atoms with Gasteiger partial charge in [-0.25, -0.2) is 22.9 Å². The summed E-state index contributed by atoms with van der Waals surface area (Å²) in [5.41, 5.74) is -2.85. The summed E-state index contributed by atoms with van der Waals surface area (Å²) in [6.45, 7) is -0.580. The van der Waals surface area contributed by atoms with Gasteiger partial charge in [0.1, 0.15) is 0 Å². The molecule has 0 aliphatic carbocycles. The van der Waals surface area contributed by atoms with Crippen LogP contribution in [0.3, 0.4) is 0 Å². The van der Waals surface area contributed by atoms with Crippen molar-refractivity contribution in [2.24, 2.45) is 14.1 Å². The van der Waals surface area contributed by atoms with E-state index in [-0.39, 0.29) is 11.5 Å². The molecule has 140 valence electrons. The quantitative estimate of drug-likeness (QED) is 0.619. The number of aromatic nitrogens is 7. The number of benzene rings is 1. The zero-order valence-corrected chi connectivity index (χ0v) is 14.1. The number of hydrogen-bond acceptors (Lipinski definition) is 7. The summed E-state index contributed by atoms with van der Waals surface area (Å²) in [7, 11) is 2.66. The zero-order valence-electron chi connectivity index (χ0n) is 14.1. The lowest BCUT2D eigenvalue weighted by molar-refractivity contribution is 0.101. The molecule has 0 atom stereocenters. The molecule has 0 fully saturated rings. The fourth-order valence-electron chi connectivity index (χ4n) is 2.24. The second-order valence-electron chi connectivity index (χ2n) is 5.44. The van der Waals surface area contributed by atoms with Gasteiger partial charge in [0.25, 0.3) is 11.5 Å². The summed E-state index contributed by atoms with van der Waals surface area (Å²) in [6.07, 6.45) is 0. The van der Waals surface area contributed by atoms with Crippen LogP contribution in [0.2, 0.25) is 0 Å². The van der Waals surface area contributed by atoms with Gasteiger partial charge in [0.05, 0.1) is 6.54 Å². The average Bonchev–Trinajstić information content (AvgIpc) is 3.03. The molecule has 11 nitrogen and oxygen atoms in total. The number of carbonyl (C=O) groups excluding carboxylic acids is 1. The lowest BCUT2D eigenvalue weighted by atomic mass is 10.2. The Bertz CT molecular complexity index is 1150. The molecule has 0 unspecified atom stereocenters. The van der Waals surface area contributed by atoms with Crippen LogP contribution >= 0.6 is 0 Å². The second-order valence-corrected chi connectivity index (χ2v) is 5.44.